The highest BCUT2D eigenvalue weighted by molar-refractivity contribution is 6.06. The minimum Gasteiger partial charge on any atom is -0.399 e. The maximum absolute atomic E-state index is 13.9. The fraction of sp³-hybridized carbons (Fsp3) is 0.160. The molecule has 3 aromatic carbocycles. The predicted octanol–water partition coefficient (Wildman–Crippen LogP) is 2.79. The van der Waals surface area contributed by atoms with E-state index in [1.165, 1.54) is 11.0 Å². The third-order valence-electron chi connectivity index (χ3n) is 4.89. The lowest BCUT2D eigenvalue weighted by atomic mass is 10.1. The number of nitrogen functional groups attached to an aromatic ring is 1. The van der Waals surface area contributed by atoms with Crippen molar-refractivity contribution < 1.29 is 11.0 Å². The lowest BCUT2D eigenvalue weighted by Gasteiger charge is -2.28. The van der Waals surface area contributed by atoms with Gasteiger partial charge in [-0.1, -0.05) is 36.4 Å². The minimum atomic E-state index is -0.890. The van der Waals surface area contributed by atoms with Crippen LogP contribution < -0.4 is 27.4 Å². The molecule has 0 saturated heterocycles. The number of para-hydroxylation sites is 1. The van der Waals surface area contributed by atoms with Crippen LogP contribution in [0.1, 0.15) is 24.6 Å². The molecule has 3 rings (SSSR count). The molecule has 0 fully saturated rings. The molecule has 3 aromatic rings. The van der Waals surface area contributed by atoms with Gasteiger partial charge in [0.05, 0.1) is 1.37 Å². The third-order valence-corrected chi connectivity index (χ3v) is 4.89. The summed E-state index contributed by atoms with van der Waals surface area (Å²) in [5.41, 5.74) is 18.7. The second kappa shape index (κ2) is 11.3. The van der Waals surface area contributed by atoms with Gasteiger partial charge in [-0.25, -0.2) is 0 Å². The second-order valence-electron chi connectivity index (χ2n) is 7.35. The van der Waals surface area contributed by atoms with Crippen molar-refractivity contribution in [3.63, 3.8) is 0 Å². The highest BCUT2D eigenvalue weighted by atomic mass is 16.2. The van der Waals surface area contributed by atoms with Crippen LogP contribution in [0.15, 0.2) is 89.9 Å². The number of hydrogen-bond acceptors (Lipinski definition) is 4. The van der Waals surface area contributed by atoms with Gasteiger partial charge >= 0.3 is 0 Å². The molecule has 0 radical (unpaired) electrons. The average Bonchev–Trinajstić information content (AvgIpc) is 2.83. The van der Waals surface area contributed by atoms with Gasteiger partial charge in [-0.05, 0) is 61.3 Å². The summed E-state index contributed by atoms with van der Waals surface area (Å²) in [4.78, 5) is 32.3. The second-order valence-corrected chi connectivity index (χ2v) is 7.35. The Hall–Kier alpha value is -4.33. The van der Waals surface area contributed by atoms with E-state index >= 15 is 0 Å². The third kappa shape index (κ3) is 6.57. The molecule has 33 heavy (non-hydrogen) atoms. The summed E-state index contributed by atoms with van der Waals surface area (Å²) in [5.74, 6) is -0.879. The number of hydrogen-bond donors (Lipinski definition) is 4. The number of guanidine groups is 1. The van der Waals surface area contributed by atoms with E-state index in [9.17, 15) is 9.59 Å². The first kappa shape index (κ1) is 21.9. The molecular weight excluding hydrogens is 416 g/mol. The van der Waals surface area contributed by atoms with Crippen LogP contribution in [0.25, 0.3) is 0 Å². The van der Waals surface area contributed by atoms with Crippen molar-refractivity contribution in [1.29, 1.82) is 0 Å². The van der Waals surface area contributed by atoms with E-state index in [0.29, 0.717) is 36.4 Å². The number of benzene rings is 3. The van der Waals surface area contributed by atoms with E-state index in [1.54, 1.807) is 42.5 Å². The summed E-state index contributed by atoms with van der Waals surface area (Å²) in [5, 5.41) is 2.81. The summed E-state index contributed by atoms with van der Waals surface area (Å²) >= 11 is 0. The first-order valence-electron chi connectivity index (χ1n) is 11.0. The summed E-state index contributed by atoms with van der Waals surface area (Å²) in [7, 11) is 0. The number of nitrogens with zero attached hydrogens (tertiary/aromatic N) is 2. The maximum Gasteiger partial charge on any atom is 0.254 e. The van der Waals surface area contributed by atoms with Crippen molar-refractivity contribution in [3.8, 4) is 0 Å². The van der Waals surface area contributed by atoms with Gasteiger partial charge in [0, 0.05) is 29.2 Å². The Bertz CT molecular complexity index is 1150. The van der Waals surface area contributed by atoms with Gasteiger partial charge in [0.25, 0.3) is 11.8 Å². The number of carbonyl (C=O) groups is 2. The van der Waals surface area contributed by atoms with Crippen molar-refractivity contribution in [1.82, 2.24) is 5.32 Å². The molecule has 0 saturated carbocycles. The lowest BCUT2D eigenvalue weighted by molar-refractivity contribution is -0.119. The molecule has 0 bridgehead atoms. The van der Waals surface area contributed by atoms with E-state index < -0.39 is 11.9 Å². The smallest absolute Gasteiger partial charge is 0.254 e. The molecule has 0 aliphatic carbocycles. The van der Waals surface area contributed by atoms with Crippen LogP contribution in [0, 0.1) is 0 Å². The number of nitrogens with one attached hydrogen (secondary N) is 1. The van der Waals surface area contributed by atoms with Crippen LogP contribution in [0.4, 0.5) is 17.1 Å². The van der Waals surface area contributed by atoms with Gasteiger partial charge in [0.2, 0.25) is 0 Å². The van der Waals surface area contributed by atoms with E-state index in [-0.39, 0.29) is 23.5 Å². The van der Waals surface area contributed by atoms with E-state index in [1.807, 2.05) is 30.3 Å². The molecule has 0 heterocycles. The van der Waals surface area contributed by atoms with Crippen LogP contribution >= 0.6 is 0 Å². The molecule has 170 valence electrons. The van der Waals surface area contributed by atoms with Crippen molar-refractivity contribution in [3.05, 3.63) is 90.5 Å². The number of nitrogens with two attached hydrogens (primary N) is 3. The highest BCUT2D eigenvalue weighted by Gasteiger charge is 2.28. The van der Waals surface area contributed by atoms with Crippen molar-refractivity contribution in [2.24, 2.45) is 16.5 Å². The van der Waals surface area contributed by atoms with Gasteiger partial charge in [-0.3, -0.25) is 19.5 Å². The molecule has 0 aliphatic rings. The minimum absolute atomic E-state index is 0.0390. The Labute approximate surface area is 194 Å². The van der Waals surface area contributed by atoms with Crippen LogP contribution in [-0.4, -0.2) is 30.4 Å². The molecule has 8 heteroatoms. The number of rotatable bonds is 9. The highest BCUT2D eigenvalue weighted by Crippen LogP contribution is 2.27. The van der Waals surface area contributed by atoms with Crippen LogP contribution in [0.2, 0.25) is 0 Å². The Morgan fingerprint density at radius 1 is 0.939 bits per heavy atom. The fourth-order valence-corrected chi connectivity index (χ4v) is 3.29. The molecule has 0 aromatic heterocycles. The number of carbonyl (C=O) groups excluding carboxylic acids is 2. The molecule has 1 atom stereocenters. The normalized spacial score (nSPS) is 11.7. The summed E-state index contributed by atoms with van der Waals surface area (Å²) in [6, 6.07) is 21.7. The average molecular weight is 446 g/mol. The SMILES string of the molecule is [2H]c1ccccc1C(=O)N[C@@H](CCCN=C(N)N)C(=O)N(c1ccccc1)c1ccc(N)cc1. The van der Waals surface area contributed by atoms with Crippen LogP contribution in [0.5, 0.6) is 0 Å². The molecule has 0 aliphatic heterocycles. The van der Waals surface area contributed by atoms with Crippen LogP contribution in [0.3, 0.4) is 0 Å². The maximum atomic E-state index is 13.9. The van der Waals surface area contributed by atoms with Gasteiger partial charge in [0.15, 0.2) is 5.96 Å². The topological polar surface area (TPSA) is 140 Å². The van der Waals surface area contributed by atoms with Gasteiger partial charge in [0.1, 0.15) is 6.04 Å². The van der Waals surface area contributed by atoms with Gasteiger partial charge in [-0.15, -0.1) is 0 Å². The zero-order valence-electron chi connectivity index (χ0n) is 19.1. The Morgan fingerprint density at radius 2 is 1.58 bits per heavy atom. The van der Waals surface area contributed by atoms with Crippen molar-refractivity contribution in [2.75, 3.05) is 17.2 Å². The Kier molecular flexibility index (Phi) is 7.52. The largest absolute Gasteiger partial charge is 0.399 e. The molecule has 8 nitrogen and oxygen atoms in total. The van der Waals surface area contributed by atoms with Crippen molar-refractivity contribution >= 4 is 34.8 Å². The standard InChI is InChI=1S/C25H28N6O2/c26-19-13-15-21(16-14-19)31(20-10-5-2-6-11-20)24(33)22(12-7-17-29-25(27)28)30-23(32)18-8-3-1-4-9-18/h1-6,8-11,13-16,22H,7,12,17,26H2,(H,30,32)(H4,27,28,29)/t22-/m0/s1/i8D. The monoisotopic (exact) mass is 445 g/mol. The Morgan fingerprint density at radius 3 is 2.24 bits per heavy atom. The molecule has 2 amide bonds. The first-order valence-corrected chi connectivity index (χ1v) is 10.5. The lowest BCUT2D eigenvalue weighted by Crippen LogP contribution is -2.47. The van der Waals surface area contributed by atoms with E-state index in [2.05, 4.69) is 10.3 Å². The van der Waals surface area contributed by atoms with Gasteiger partial charge < -0.3 is 22.5 Å². The zero-order chi connectivity index (χ0) is 24.5. The quantitative estimate of drug-likeness (QED) is 0.174. The number of amides is 2. The molecular formula is C25H28N6O2. The number of aliphatic imine (C=N–C) groups is 1. The summed E-state index contributed by atoms with van der Waals surface area (Å²) in [6.07, 6.45) is 0.751. The van der Waals surface area contributed by atoms with E-state index in [4.69, 9.17) is 18.6 Å². The van der Waals surface area contributed by atoms with Crippen molar-refractivity contribution in [2.45, 2.75) is 18.9 Å². The Balaban J connectivity index is 1.94. The molecule has 0 spiro atoms. The summed E-state index contributed by atoms with van der Waals surface area (Å²) < 4.78 is 8.03. The molecule has 7 N–H and O–H groups in total. The number of anilines is 3. The van der Waals surface area contributed by atoms with Crippen LogP contribution in [-0.2, 0) is 4.79 Å². The molecule has 0 unspecified atom stereocenters. The predicted molar refractivity (Wildman–Crippen MR) is 132 cm³/mol. The summed E-state index contributed by atoms with van der Waals surface area (Å²) in [6.45, 7) is 0.310. The first-order chi connectivity index (χ1) is 16.4. The fourth-order valence-electron chi connectivity index (χ4n) is 3.29. The van der Waals surface area contributed by atoms with E-state index in [0.717, 1.165) is 0 Å². The zero-order valence-corrected chi connectivity index (χ0v) is 18.1. The van der Waals surface area contributed by atoms with Gasteiger partial charge in [-0.2, -0.15) is 0 Å².